The standard InChI is InChI=1S/C12H14N2O4/c15-10-4-8(6-13-7-10)12(18)14-3-1-2-9(14)5-11(16)17/h4,6-7,9,15H,1-3,5H2,(H,16,17). The third-order valence-corrected chi connectivity index (χ3v) is 3.02. The minimum Gasteiger partial charge on any atom is -0.506 e. The highest BCUT2D eigenvalue weighted by atomic mass is 16.4. The molecule has 0 aromatic carbocycles. The Labute approximate surface area is 104 Å². The van der Waals surface area contributed by atoms with Crippen molar-refractivity contribution in [1.29, 1.82) is 0 Å². The number of pyridine rings is 1. The molecule has 1 aliphatic heterocycles. The summed E-state index contributed by atoms with van der Waals surface area (Å²) in [6.45, 7) is 0.548. The number of aromatic hydroxyl groups is 1. The second kappa shape index (κ2) is 5.03. The quantitative estimate of drug-likeness (QED) is 0.830. The number of amides is 1. The molecule has 0 bridgehead atoms. The number of rotatable bonds is 3. The Morgan fingerprint density at radius 1 is 1.44 bits per heavy atom. The van der Waals surface area contributed by atoms with Crippen LogP contribution in [-0.4, -0.2) is 44.6 Å². The molecule has 1 unspecified atom stereocenters. The van der Waals surface area contributed by atoms with Crippen molar-refractivity contribution < 1.29 is 19.8 Å². The SMILES string of the molecule is O=C(O)CC1CCCN1C(=O)c1cncc(O)c1. The predicted molar refractivity (Wildman–Crippen MR) is 62.2 cm³/mol. The zero-order chi connectivity index (χ0) is 13.1. The van der Waals surface area contributed by atoms with Crippen LogP contribution in [0.1, 0.15) is 29.6 Å². The molecule has 96 valence electrons. The average molecular weight is 250 g/mol. The van der Waals surface area contributed by atoms with Gasteiger partial charge in [0.1, 0.15) is 5.75 Å². The maximum atomic E-state index is 12.2. The summed E-state index contributed by atoms with van der Waals surface area (Å²) in [5.74, 6) is -1.26. The number of hydrogen-bond donors (Lipinski definition) is 2. The number of hydrogen-bond acceptors (Lipinski definition) is 4. The number of carbonyl (C=O) groups is 2. The van der Waals surface area contributed by atoms with E-state index in [0.29, 0.717) is 13.0 Å². The second-order valence-electron chi connectivity index (χ2n) is 4.32. The smallest absolute Gasteiger partial charge is 0.305 e. The molecule has 1 atom stereocenters. The summed E-state index contributed by atoms with van der Waals surface area (Å²) in [5.41, 5.74) is 0.285. The first-order chi connectivity index (χ1) is 8.58. The molecule has 0 aliphatic carbocycles. The fourth-order valence-corrected chi connectivity index (χ4v) is 2.23. The van der Waals surface area contributed by atoms with E-state index in [1.165, 1.54) is 18.5 Å². The summed E-state index contributed by atoms with van der Waals surface area (Å²) in [6.07, 6.45) is 4.08. The van der Waals surface area contributed by atoms with E-state index in [1.54, 1.807) is 4.90 Å². The largest absolute Gasteiger partial charge is 0.506 e. The summed E-state index contributed by atoms with van der Waals surface area (Å²) >= 11 is 0. The molecule has 1 aliphatic rings. The Morgan fingerprint density at radius 2 is 2.22 bits per heavy atom. The first-order valence-corrected chi connectivity index (χ1v) is 5.74. The maximum Gasteiger partial charge on any atom is 0.305 e. The second-order valence-corrected chi connectivity index (χ2v) is 4.32. The van der Waals surface area contributed by atoms with Gasteiger partial charge in [-0.3, -0.25) is 14.6 Å². The van der Waals surface area contributed by atoms with Crippen LogP contribution in [0.5, 0.6) is 5.75 Å². The topological polar surface area (TPSA) is 90.7 Å². The van der Waals surface area contributed by atoms with Gasteiger partial charge >= 0.3 is 5.97 Å². The molecule has 1 saturated heterocycles. The van der Waals surface area contributed by atoms with E-state index in [0.717, 1.165) is 6.42 Å². The third-order valence-electron chi connectivity index (χ3n) is 3.02. The van der Waals surface area contributed by atoms with Gasteiger partial charge in [-0.25, -0.2) is 0 Å². The molecule has 0 saturated carbocycles. The molecule has 2 N–H and O–H groups in total. The summed E-state index contributed by atoms with van der Waals surface area (Å²) in [6, 6.07) is 1.07. The van der Waals surface area contributed by atoms with E-state index in [9.17, 15) is 14.7 Å². The third kappa shape index (κ3) is 2.58. The maximum absolute atomic E-state index is 12.2. The zero-order valence-corrected chi connectivity index (χ0v) is 9.74. The van der Waals surface area contributed by atoms with Gasteiger partial charge in [0.05, 0.1) is 18.2 Å². The molecule has 2 rings (SSSR count). The fourth-order valence-electron chi connectivity index (χ4n) is 2.23. The molecule has 0 radical (unpaired) electrons. The molecular formula is C12H14N2O4. The highest BCUT2D eigenvalue weighted by Crippen LogP contribution is 2.23. The van der Waals surface area contributed by atoms with Crippen molar-refractivity contribution in [3.63, 3.8) is 0 Å². The van der Waals surface area contributed by atoms with Crippen molar-refractivity contribution in [2.24, 2.45) is 0 Å². The Kier molecular flexibility index (Phi) is 3.45. The van der Waals surface area contributed by atoms with E-state index in [-0.39, 0.29) is 29.7 Å². The number of carbonyl (C=O) groups excluding carboxylic acids is 1. The Morgan fingerprint density at radius 3 is 2.89 bits per heavy atom. The van der Waals surface area contributed by atoms with Crippen LogP contribution < -0.4 is 0 Å². The normalized spacial score (nSPS) is 18.9. The molecule has 1 aromatic heterocycles. The number of nitrogens with zero attached hydrogens (tertiary/aromatic N) is 2. The predicted octanol–water partition coefficient (Wildman–Crippen LogP) is 0.866. The fraction of sp³-hybridized carbons (Fsp3) is 0.417. The van der Waals surface area contributed by atoms with E-state index >= 15 is 0 Å². The molecule has 1 amide bonds. The van der Waals surface area contributed by atoms with Crippen molar-refractivity contribution in [2.45, 2.75) is 25.3 Å². The van der Waals surface area contributed by atoms with Crippen molar-refractivity contribution in [3.8, 4) is 5.75 Å². The molecule has 0 spiro atoms. The van der Waals surface area contributed by atoms with Crippen molar-refractivity contribution in [1.82, 2.24) is 9.88 Å². The summed E-state index contributed by atoms with van der Waals surface area (Å²) < 4.78 is 0. The van der Waals surface area contributed by atoms with Crippen LogP contribution in [0, 0.1) is 0 Å². The molecule has 1 fully saturated rings. The number of aliphatic carboxylic acids is 1. The summed E-state index contributed by atoms with van der Waals surface area (Å²) in [5, 5.41) is 18.1. The molecule has 6 heteroatoms. The van der Waals surface area contributed by atoms with E-state index < -0.39 is 5.97 Å². The average Bonchev–Trinajstić information content (AvgIpc) is 2.75. The van der Waals surface area contributed by atoms with Crippen LogP contribution in [0.2, 0.25) is 0 Å². The Balaban J connectivity index is 2.15. The summed E-state index contributed by atoms with van der Waals surface area (Å²) in [7, 11) is 0. The first kappa shape index (κ1) is 12.3. The lowest BCUT2D eigenvalue weighted by Crippen LogP contribution is -2.36. The molecule has 1 aromatic rings. The van der Waals surface area contributed by atoms with Crippen molar-refractivity contribution in [2.75, 3.05) is 6.54 Å². The lowest BCUT2D eigenvalue weighted by molar-refractivity contribution is -0.137. The number of aromatic nitrogens is 1. The van der Waals surface area contributed by atoms with E-state index in [4.69, 9.17) is 5.11 Å². The zero-order valence-electron chi connectivity index (χ0n) is 9.74. The lowest BCUT2D eigenvalue weighted by atomic mass is 10.1. The van der Waals surface area contributed by atoms with Crippen LogP contribution in [0.15, 0.2) is 18.5 Å². The summed E-state index contributed by atoms with van der Waals surface area (Å²) in [4.78, 5) is 28.2. The molecular weight excluding hydrogens is 236 g/mol. The minimum atomic E-state index is -0.909. The Bertz CT molecular complexity index is 475. The number of carboxylic acids is 1. The van der Waals surface area contributed by atoms with Gasteiger partial charge in [-0.2, -0.15) is 0 Å². The van der Waals surface area contributed by atoms with Crippen LogP contribution in [0.4, 0.5) is 0 Å². The molecule has 6 nitrogen and oxygen atoms in total. The van der Waals surface area contributed by atoms with Gasteiger partial charge < -0.3 is 15.1 Å². The van der Waals surface area contributed by atoms with Crippen LogP contribution in [0.25, 0.3) is 0 Å². The minimum absolute atomic E-state index is 0.0437. The Hall–Kier alpha value is -2.11. The van der Waals surface area contributed by atoms with Gasteiger partial charge in [-0.1, -0.05) is 0 Å². The van der Waals surface area contributed by atoms with Gasteiger partial charge in [-0.05, 0) is 18.9 Å². The van der Waals surface area contributed by atoms with Crippen LogP contribution >= 0.6 is 0 Å². The van der Waals surface area contributed by atoms with Crippen LogP contribution in [0.3, 0.4) is 0 Å². The number of carboxylic acid groups (broad SMARTS) is 1. The lowest BCUT2D eigenvalue weighted by Gasteiger charge is -2.23. The monoisotopic (exact) mass is 250 g/mol. The number of likely N-dealkylation sites (tertiary alicyclic amines) is 1. The van der Waals surface area contributed by atoms with E-state index in [1.807, 2.05) is 0 Å². The van der Waals surface area contributed by atoms with Gasteiger partial charge in [0.25, 0.3) is 5.91 Å². The van der Waals surface area contributed by atoms with E-state index in [2.05, 4.69) is 4.98 Å². The molecule has 18 heavy (non-hydrogen) atoms. The van der Waals surface area contributed by atoms with Crippen LogP contribution in [-0.2, 0) is 4.79 Å². The van der Waals surface area contributed by atoms with Gasteiger partial charge in [0.15, 0.2) is 0 Å². The van der Waals surface area contributed by atoms with Crippen molar-refractivity contribution in [3.05, 3.63) is 24.0 Å². The van der Waals surface area contributed by atoms with Gasteiger partial charge in [0, 0.05) is 18.8 Å². The van der Waals surface area contributed by atoms with Gasteiger partial charge in [-0.15, -0.1) is 0 Å². The highest BCUT2D eigenvalue weighted by molar-refractivity contribution is 5.94. The first-order valence-electron chi connectivity index (χ1n) is 5.74. The molecule has 2 heterocycles. The van der Waals surface area contributed by atoms with Crippen molar-refractivity contribution >= 4 is 11.9 Å². The van der Waals surface area contributed by atoms with Gasteiger partial charge in [0.2, 0.25) is 0 Å². The highest BCUT2D eigenvalue weighted by Gasteiger charge is 2.31.